The average molecular weight is 519 g/mol. The molecule has 0 spiro atoms. The van der Waals surface area contributed by atoms with Crippen molar-refractivity contribution < 1.29 is 27.3 Å². The number of fused-ring (bicyclic) bond motifs is 1. The number of non-ortho nitro benzene ring substituents is 1. The summed E-state index contributed by atoms with van der Waals surface area (Å²) >= 11 is 1.07. The molecule has 3 aromatic carbocycles. The van der Waals surface area contributed by atoms with E-state index in [9.17, 15) is 28.0 Å². The van der Waals surface area contributed by atoms with Gasteiger partial charge in [-0.1, -0.05) is 48.5 Å². The van der Waals surface area contributed by atoms with E-state index in [0.29, 0.717) is 5.56 Å². The zero-order valence-corrected chi connectivity index (χ0v) is 20.1. The Kier molecular flexibility index (Phi) is 6.83. The first kappa shape index (κ1) is 24.1. The van der Waals surface area contributed by atoms with Crippen molar-refractivity contribution in [1.82, 2.24) is 4.31 Å². The van der Waals surface area contributed by atoms with E-state index >= 15 is 0 Å². The fourth-order valence-electron chi connectivity index (χ4n) is 3.23. The van der Waals surface area contributed by atoms with Gasteiger partial charge in [-0.05, 0) is 35.2 Å². The predicted octanol–water partition coefficient (Wildman–Crippen LogP) is 5.22. The molecule has 0 radical (unpaired) electrons. The summed E-state index contributed by atoms with van der Waals surface area (Å²) in [5.74, 6) is -0.0876. The SMILES string of the molecule is O=[N+]([O-])c1ccc(OP(=O)(O)CN(Cc2ccccc2)S(=O)(=O)c2cc3ccccc3s2)cc1. The Balaban J connectivity index is 1.65. The monoisotopic (exact) mass is 518 g/mol. The van der Waals surface area contributed by atoms with Crippen LogP contribution in [-0.4, -0.2) is 28.8 Å². The van der Waals surface area contributed by atoms with Gasteiger partial charge in [0.2, 0.25) is 0 Å². The van der Waals surface area contributed by atoms with E-state index in [1.54, 1.807) is 54.6 Å². The van der Waals surface area contributed by atoms with Gasteiger partial charge in [0.05, 0.1) is 4.92 Å². The summed E-state index contributed by atoms with van der Waals surface area (Å²) in [6, 6.07) is 22.1. The third kappa shape index (κ3) is 5.52. The Labute approximate surface area is 199 Å². The van der Waals surface area contributed by atoms with Crippen molar-refractivity contribution in [2.45, 2.75) is 10.8 Å². The van der Waals surface area contributed by atoms with Gasteiger partial charge in [0.25, 0.3) is 15.7 Å². The molecular formula is C22H19N2O7PS2. The molecule has 0 aliphatic heterocycles. The standard InChI is InChI=1S/C22H19N2O7PS2/c25-24(26)19-10-12-20(13-11-19)31-32(27,28)16-23(15-17-6-2-1-3-7-17)34(29,30)22-14-18-8-4-5-9-21(18)33-22/h1-14H,15-16H2,(H,27,28). The van der Waals surface area contributed by atoms with Crippen LogP contribution in [0, 0.1) is 10.1 Å². The molecule has 0 amide bonds. The van der Waals surface area contributed by atoms with E-state index < -0.39 is 28.8 Å². The highest BCUT2D eigenvalue weighted by molar-refractivity contribution is 7.91. The largest absolute Gasteiger partial charge is 0.424 e. The van der Waals surface area contributed by atoms with Crippen molar-refractivity contribution >= 4 is 44.7 Å². The number of nitro groups is 1. The Morgan fingerprint density at radius 2 is 1.65 bits per heavy atom. The van der Waals surface area contributed by atoms with Gasteiger partial charge in [-0.15, -0.1) is 11.3 Å². The van der Waals surface area contributed by atoms with Crippen molar-refractivity contribution in [2.24, 2.45) is 0 Å². The second kappa shape index (κ2) is 9.65. The molecule has 1 aromatic heterocycles. The molecular weight excluding hydrogens is 499 g/mol. The van der Waals surface area contributed by atoms with Crippen LogP contribution < -0.4 is 4.52 Å². The van der Waals surface area contributed by atoms with Crippen molar-refractivity contribution in [3.05, 3.63) is 101 Å². The van der Waals surface area contributed by atoms with Crippen LogP contribution in [0.15, 0.2) is 89.1 Å². The average Bonchev–Trinajstić information content (AvgIpc) is 3.24. The highest BCUT2D eigenvalue weighted by Gasteiger charge is 2.35. The van der Waals surface area contributed by atoms with Crippen LogP contribution >= 0.6 is 18.9 Å². The third-order valence-corrected chi connectivity index (χ3v) is 9.57. The van der Waals surface area contributed by atoms with Crippen LogP contribution in [0.2, 0.25) is 0 Å². The minimum atomic E-state index is -4.52. The molecule has 0 fully saturated rings. The first-order valence-corrected chi connectivity index (χ1v) is 13.9. The lowest BCUT2D eigenvalue weighted by atomic mass is 10.2. The Morgan fingerprint density at radius 1 is 1.00 bits per heavy atom. The van der Waals surface area contributed by atoms with E-state index in [2.05, 4.69) is 0 Å². The minimum Gasteiger partial charge on any atom is -0.424 e. The minimum absolute atomic E-state index is 0.0416. The zero-order chi connectivity index (χ0) is 24.3. The summed E-state index contributed by atoms with van der Waals surface area (Å²) in [6.07, 6.45) is -0.810. The Hall–Kier alpha value is -3.08. The second-order valence-corrected chi connectivity index (χ2v) is 12.3. The highest BCUT2D eigenvalue weighted by Crippen LogP contribution is 2.45. The highest BCUT2D eigenvalue weighted by atomic mass is 32.2. The number of hydrogen-bond acceptors (Lipinski definition) is 7. The van der Waals surface area contributed by atoms with E-state index in [4.69, 9.17) is 4.52 Å². The molecule has 1 atom stereocenters. The number of thiophene rings is 1. The summed E-state index contributed by atoms with van der Waals surface area (Å²) in [7, 11) is -8.67. The van der Waals surface area contributed by atoms with Gasteiger partial charge in [-0.2, -0.15) is 4.31 Å². The fraction of sp³-hybridized carbons (Fsp3) is 0.0909. The van der Waals surface area contributed by atoms with Gasteiger partial charge in [0.1, 0.15) is 16.2 Å². The first-order valence-electron chi connectivity index (χ1n) is 9.93. The molecule has 0 aliphatic carbocycles. The first-order chi connectivity index (χ1) is 16.1. The van der Waals surface area contributed by atoms with Crippen LogP contribution in [0.5, 0.6) is 5.75 Å². The van der Waals surface area contributed by atoms with Crippen molar-refractivity contribution in [1.29, 1.82) is 0 Å². The number of nitrogens with zero attached hydrogens (tertiary/aromatic N) is 2. The number of nitro benzene ring substituents is 1. The number of rotatable bonds is 9. The van der Waals surface area contributed by atoms with Crippen molar-refractivity contribution in [3.8, 4) is 5.75 Å². The van der Waals surface area contributed by atoms with Gasteiger partial charge in [0, 0.05) is 23.4 Å². The summed E-state index contributed by atoms with van der Waals surface area (Å²) in [5, 5.41) is 11.6. The van der Waals surface area contributed by atoms with Crippen LogP contribution in [0.3, 0.4) is 0 Å². The van der Waals surface area contributed by atoms with Gasteiger partial charge >= 0.3 is 7.60 Å². The quantitative estimate of drug-likeness (QED) is 0.183. The smallest absolute Gasteiger partial charge is 0.391 e. The molecule has 0 bridgehead atoms. The van der Waals surface area contributed by atoms with Gasteiger partial charge in [-0.25, -0.2) is 13.0 Å². The van der Waals surface area contributed by atoms with E-state index in [0.717, 1.165) is 37.9 Å². The lowest BCUT2D eigenvalue weighted by molar-refractivity contribution is -0.384. The Bertz CT molecular complexity index is 1440. The van der Waals surface area contributed by atoms with Crippen molar-refractivity contribution in [3.63, 3.8) is 0 Å². The molecule has 1 N–H and O–H groups in total. The molecule has 9 nitrogen and oxygen atoms in total. The second-order valence-electron chi connectivity index (χ2n) is 7.33. The summed E-state index contributed by atoms with van der Waals surface area (Å²) in [6.45, 7) is -0.147. The van der Waals surface area contributed by atoms with E-state index in [1.165, 1.54) is 18.2 Å². The molecule has 1 unspecified atom stereocenters. The molecule has 0 saturated heterocycles. The molecule has 176 valence electrons. The molecule has 0 saturated carbocycles. The normalized spacial score (nSPS) is 13.6. The zero-order valence-electron chi connectivity index (χ0n) is 17.6. The molecule has 0 aliphatic rings. The van der Waals surface area contributed by atoms with Crippen LogP contribution in [0.25, 0.3) is 10.1 Å². The summed E-state index contributed by atoms with van der Waals surface area (Å²) < 4.78 is 46.9. The maximum absolute atomic E-state index is 13.5. The van der Waals surface area contributed by atoms with Gasteiger partial charge in [0.15, 0.2) is 0 Å². The van der Waals surface area contributed by atoms with Gasteiger partial charge < -0.3 is 9.42 Å². The molecule has 4 aromatic rings. The molecule has 4 rings (SSSR count). The number of sulfonamides is 1. The van der Waals surface area contributed by atoms with Crippen LogP contribution in [0.1, 0.15) is 5.56 Å². The number of hydrogen-bond donors (Lipinski definition) is 1. The lowest BCUT2D eigenvalue weighted by Crippen LogP contribution is -2.31. The molecule has 12 heteroatoms. The topological polar surface area (TPSA) is 127 Å². The molecule has 1 heterocycles. The van der Waals surface area contributed by atoms with Crippen molar-refractivity contribution in [2.75, 3.05) is 6.29 Å². The van der Waals surface area contributed by atoms with E-state index in [1.807, 2.05) is 0 Å². The predicted molar refractivity (Wildman–Crippen MR) is 129 cm³/mol. The molecule has 34 heavy (non-hydrogen) atoms. The van der Waals surface area contributed by atoms with Gasteiger partial charge in [-0.3, -0.25) is 10.1 Å². The van der Waals surface area contributed by atoms with Crippen LogP contribution in [0.4, 0.5) is 5.69 Å². The van der Waals surface area contributed by atoms with E-state index in [-0.39, 0.29) is 22.2 Å². The van der Waals surface area contributed by atoms with Crippen LogP contribution in [-0.2, 0) is 21.1 Å². The third-order valence-electron chi connectivity index (χ3n) is 4.83. The maximum Gasteiger partial charge on any atom is 0.391 e. The summed E-state index contributed by atoms with van der Waals surface area (Å²) in [4.78, 5) is 20.7. The maximum atomic E-state index is 13.5. The number of benzene rings is 3. The summed E-state index contributed by atoms with van der Waals surface area (Å²) in [5.41, 5.74) is 0.417. The Morgan fingerprint density at radius 3 is 2.29 bits per heavy atom. The lowest BCUT2D eigenvalue weighted by Gasteiger charge is -2.24. The fourth-order valence-corrected chi connectivity index (χ4v) is 7.94.